The van der Waals surface area contributed by atoms with Crippen LogP contribution in [0.2, 0.25) is 0 Å². The molecule has 1 aromatic rings. The Morgan fingerprint density at radius 3 is 2.31 bits per heavy atom. The summed E-state index contributed by atoms with van der Waals surface area (Å²) in [6.07, 6.45) is 0. The lowest BCUT2D eigenvalue weighted by atomic mass is 10.2. The molecule has 88 valence electrons. The second-order valence-corrected chi connectivity index (χ2v) is 6.58. The fourth-order valence-corrected chi connectivity index (χ4v) is 3.77. The fraction of sp³-hybridized carbons (Fsp3) is 0.500. The zero-order valence-electron chi connectivity index (χ0n) is 9.51. The van der Waals surface area contributed by atoms with Gasteiger partial charge in [0.1, 0.15) is 0 Å². The van der Waals surface area contributed by atoms with Gasteiger partial charge >= 0.3 is 0 Å². The second-order valence-electron chi connectivity index (χ2n) is 4.41. The van der Waals surface area contributed by atoms with Gasteiger partial charge in [0.15, 0.2) is 9.84 Å². The van der Waals surface area contributed by atoms with E-state index in [0.717, 1.165) is 5.56 Å². The lowest BCUT2D eigenvalue weighted by Gasteiger charge is -2.14. The molecule has 0 amide bonds. The Bertz CT molecular complexity index is 462. The fourth-order valence-electron chi connectivity index (χ4n) is 1.94. The second kappa shape index (κ2) is 4.18. The van der Waals surface area contributed by atoms with Crippen LogP contribution in [0, 0.1) is 12.8 Å². The summed E-state index contributed by atoms with van der Waals surface area (Å²) in [6, 6.07) is 7.01. The van der Waals surface area contributed by atoms with Gasteiger partial charge in [0.25, 0.3) is 0 Å². The maximum absolute atomic E-state index is 12.3. The van der Waals surface area contributed by atoms with Crippen molar-refractivity contribution in [2.24, 2.45) is 5.92 Å². The molecule has 0 radical (unpaired) electrons. The Balaban J connectivity index is 2.35. The van der Waals surface area contributed by atoms with Crippen LogP contribution in [0.15, 0.2) is 29.2 Å². The molecule has 2 atom stereocenters. The third-order valence-electron chi connectivity index (χ3n) is 3.05. The van der Waals surface area contributed by atoms with Gasteiger partial charge in [-0.15, -0.1) is 0 Å². The summed E-state index contributed by atoms with van der Waals surface area (Å²) in [5.74, 6) is 0.0753. The molecule has 0 aromatic heterocycles. The topological polar surface area (TPSA) is 43.4 Å². The molecular weight excluding hydrogens is 224 g/mol. The van der Waals surface area contributed by atoms with Crippen molar-refractivity contribution in [2.45, 2.75) is 24.0 Å². The Morgan fingerprint density at radius 1 is 1.19 bits per heavy atom. The third-order valence-corrected chi connectivity index (χ3v) is 5.37. The zero-order valence-corrected chi connectivity index (χ0v) is 10.3. The highest BCUT2D eigenvalue weighted by atomic mass is 32.2. The van der Waals surface area contributed by atoms with Gasteiger partial charge < -0.3 is 4.74 Å². The number of hydrogen-bond acceptors (Lipinski definition) is 3. The minimum absolute atomic E-state index is 0.0753. The lowest BCUT2D eigenvalue weighted by Crippen LogP contribution is -2.27. The van der Waals surface area contributed by atoms with Crippen LogP contribution in [0.3, 0.4) is 0 Å². The van der Waals surface area contributed by atoms with Gasteiger partial charge in [-0.2, -0.15) is 0 Å². The van der Waals surface area contributed by atoms with Crippen LogP contribution in [0.4, 0.5) is 0 Å². The predicted molar refractivity (Wildman–Crippen MR) is 62.1 cm³/mol. The van der Waals surface area contributed by atoms with Crippen LogP contribution in [0.25, 0.3) is 0 Å². The molecule has 1 aliphatic heterocycles. The summed E-state index contributed by atoms with van der Waals surface area (Å²) in [7, 11) is -3.23. The molecule has 1 aromatic carbocycles. The zero-order chi connectivity index (χ0) is 11.8. The molecule has 2 rings (SSSR count). The summed E-state index contributed by atoms with van der Waals surface area (Å²) < 4.78 is 29.8. The first-order chi connectivity index (χ1) is 7.51. The van der Waals surface area contributed by atoms with Gasteiger partial charge in [-0.25, -0.2) is 8.42 Å². The minimum atomic E-state index is -3.23. The van der Waals surface area contributed by atoms with Crippen molar-refractivity contribution in [3.63, 3.8) is 0 Å². The molecule has 0 aliphatic carbocycles. The van der Waals surface area contributed by atoms with Gasteiger partial charge in [0.05, 0.1) is 23.4 Å². The van der Waals surface area contributed by atoms with E-state index in [1.54, 1.807) is 12.1 Å². The van der Waals surface area contributed by atoms with E-state index in [1.165, 1.54) is 0 Å². The van der Waals surface area contributed by atoms with Gasteiger partial charge in [-0.05, 0) is 25.0 Å². The summed E-state index contributed by atoms with van der Waals surface area (Å²) in [6.45, 7) is 4.72. The van der Waals surface area contributed by atoms with Crippen molar-refractivity contribution in [3.05, 3.63) is 29.8 Å². The monoisotopic (exact) mass is 240 g/mol. The van der Waals surface area contributed by atoms with Crippen LogP contribution in [0.5, 0.6) is 0 Å². The lowest BCUT2D eigenvalue weighted by molar-refractivity contribution is 0.188. The Kier molecular flexibility index (Phi) is 3.04. The van der Waals surface area contributed by atoms with E-state index in [0.29, 0.717) is 18.1 Å². The van der Waals surface area contributed by atoms with E-state index in [9.17, 15) is 8.42 Å². The van der Waals surface area contributed by atoms with E-state index in [2.05, 4.69) is 0 Å². The van der Waals surface area contributed by atoms with Crippen molar-refractivity contribution in [1.29, 1.82) is 0 Å². The summed E-state index contributed by atoms with van der Waals surface area (Å²) >= 11 is 0. The van der Waals surface area contributed by atoms with Crippen LogP contribution >= 0.6 is 0 Å². The molecule has 0 saturated carbocycles. The summed E-state index contributed by atoms with van der Waals surface area (Å²) in [5, 5.41) is -0.393. The van der Waals surface area contributed by atoms with Crippen molar-refractivity contribution in [3.8, 4) is 0 Å². The summed E-state index contributed by atoms with van der Waals surface area (Å²) in [5.41, 5.74) is 1.06. The van der Waals surface area contributed by atoms with E-state index in [-0.39, 0.29) is 5.92 Å². The van der Waals surface area contributed by atoms with Crippen LogP contribution < -0.4 is 0 Å². The maximum Gasteiger partial charge on any atom is 0.183 e. The normalized spacial score (nSPS) is 25.9. The maximum atomic E-state index is 12.3. The van der Waals surface area contributed by atoms with Gasteiger partial charge in [0, 0.05) is 0 Å². The van der Waals surface area contributed by atoms with Gasteiger partial charge in [-0.3, -0.25) is 0 Å². The summed E-state index contributed by atoms with van der Waals surface area (Å²) in [4.78, 5) is 0.403. The number of aryl methyl sites for hydroxylation is 1. The molecule has 16 heavy (non-hydrogen) atoms. The largest absolute Gasteiger partial charge is 0.380 e. The molecule has 1 fully saturated rings. The van der Waals surface area contributed by atoms with E-state index in [4.69, 9.17) is 4.74 Å². The molecule has 4 heteroatoms. The molecule has 2 unspecified atom stereocenters. The number of benzene rings is 1. The standard InChI is InChI=1S/C12H16O3S/c1-9-3-5-11(6-4-9)16(13,14)12-8-15-7-10(12)2/h3-6,10,12H,7-8H2,1-2H3. The van der Waals surface area contributed by atoms with Crippen molar-refractivity contribution in [1.82, 2.24) is 0 Å². The first-order valence-corrected chi connectivity index (χ1v) is 6.95. The quantitative estimate of drug-likeness (QED) is 0.791. The van der Waals surface area contributed by atoms with Crippen LogP contribution in [0.1, 0.15) is 12.5 Å². The molecule has 1 heterocycles. The Labute approximate surface area is 96.4 Å². The molecule has 1 aliphatic rings. The molecule has 3 nitrogen and oxygen atoms in total. The predicted octanol–water partition coefficient (Wildman–Crippen LogP) is 1.80. The minimum Gasteiger partial charge on any atom is -0.380 e. The molecular formula is C12H16O3S. The van der Waals surface area contributed by atoms with Crippen LogP contribution in [-0.4, -0.2) is 26.9 Å². The molecule has 1 saturated heterocycles. The number of rotatable bonds is 2. The van der Waals surface area contributed by atoms with Crippen molar-refractivity contribution in [2.75, 3.05) is 13.2 Å². The Morgan fingerprint density at radius 2 is 1.81 bits per heavy atom. The molecule has 0 bridgehead atoms. The average Bonchev–Trinajstić information content (AvgIpc) is 2.66. The van der Waals surface area contributed by atoms with Gasteiger partial charge in [-0.1, -0.05) is 24.6 Å². The van der Waals surface area contributed by atoms with E-state index < -0.39 is 15.1 Å². The number of hydrogen-bond donors (Lipinski definition) is 0. The first-order valence-electron chi connectivity index (χ1n) is 5.40. The first kappa shape index (κ1) is 11.6. The highest BCUT2D eigenvalue weighted by molar-refractivity contribution is 7.92. The highest BCUT2D eigenvalue weighted by Gasteiger charge is 2.36. The van der Waals surface area contributed by atoms with Crippen molar-refractivity contribution < 1.29 is 13.2 Å². The Hall–Kier alpha value is -0.870. The smallest absolute Gasteiger partial charge is 0.183 e. The van der Waals surface area contributed by atoms with Crippen molar-refractivity contribution >= 4 is 9.84 Å². The third kappa shape index (κ3) is 1.99. The van der Waals surface area contributed by atoms with E-state index >= 15 is 0 Å². The van der Waals surface area contributed by atoms with E-state index in [1.807, 2.05) is 26.0 Å². The highest BCUT2D eigenvalue weighted by Crippen LogP contribution is 2.26. The average molecular weight is 240 g/mol. The molecule has 0 N–H and O–H groups in total. The number of ether oxygens (including phenoxy) is 1. The molecule has 0 spiro atoms. The SMILES string of the molecule is Cc1ccc(S(=O)(=O)C2COCC2C)cc1. The van der Waals surface area contributed by atoms with Gasteiger partial charge in [0.2, 0.25) is 0 Å². The number of sulfone groups is 1. The van der Waals surface area contributed by atoms with Crippen LogP contribution in [-0.2, 0) is 14.6 Å².